The highest BCUT2D eigenvalue weighted by Crippen LogP contribution is 2.30. The number of hydrogen-bond acceptors (Lipinski definition) is 4. The van der Waals surface area contributed by atoms with Gasteiger partial charge in [0.05, 0.1) is 0 Å². The Kier molecular flexibility index (Phi) is 6.50. The summed E-state index contributed by atoms with van der Waals surface area (Å²) in [6, 6.07) is 8.57. The van der Waals surface area contributed by atoms with Crippen LogP contribution in [0.1, 0.15) is 24.9 Å². The second-order valence-electron chi connectivity index (χ2n) is 4.42. The molecule has 1 unspecified atom stereocenters. The summed E-state index contributed by atoms with van der Waals surface area (Å²) >= 11 is 5.42. The minimum atomic E-state index is 0.272. The summed E-state index contributed by atoms with van der Waals surface area (Å²) in [5, 5.41) is 3.56. The van der Waals surface area contributed by atoms with Crippen LogP contribution in [0.3, 0.4) is 0 Å². The number of nitrogens with one attached hydrogen (secondary N) is 1. The molecule has 0 aliphatic carbocycles. The van der Waals surface area contributed by atoms with Crippen LogP contribution >= 0.6 is 27.7 Å². The lowest BCUT2D eigenvalue weighted by molar-refractivity contribution is 0.574. The predicted molar refractivity (Wildman–Crippen MR) is 87.9 cm³/mol. The van der Waals surface area contributed by atoms with Crippen molar-refractivity contribution in [2.24, 2.45) is 0 Å². The maximum Gasteiger partial charge on any atom is 0.115 e. The summed E-state index contributed by atoms with van der Waals surface area (Å²) in [6.45, 7) is 3.17. The van der Waals surface area contributed by atoms with E-state index in [4.69, 9.17) is 0 Å². The molecule has 0 saturated carbocycles. The molecule has 2 aromatic rings. The van der Waals surface area contributed by atoms with E-state index in [-0.39, 0.29) is 6.04 Å². The van der Waals surface area contributed by atoms with Crippen molar-refractivity contribution in [2.45, 2.75) is 24.3 Å². The second-order valence-corrected chi connectivity index (χ2v) is 6.34. The fourth-order valence-electron chi connectivity index (χ4n) is 1.82. The molecule has 0 spiro atoms. The number of thioether (sulfide) groups is 1. The van der Waals surface area contributed by atoms with Crippen LogP contribution in [0.5, 0.6) is 0 Å². The number of halogens is 1. The quantitative estimate of drug-likeness (QED) is 0.763. The van der Waals surface area contributed by atoms with E-state index in [1.807, 2.05) is 30.2 Å². The van der Waals surface area contributed by atoms with Crippen molar-refractivity contribution in [2.75, 3.05) is 12.3 Å². The van der Waals surface area contributed by atoms with Crippen LogP contribution in [0.15, 0.2) is 52.4 Å². The Balaban J connectivity index is 2.03. The van der Waals surface area contributed by atoms with Gasteiger partial charge in [-0.2, -0.15) is 0 Å². The maximum atomic E-state index is 4.12. The van der Waals surface area contributed by atoms with Gasteiger partial charge in [0, 0.05) is 39.1 Å². The summed E-state index contributed by atoms with van der Waals surface area (Å²) in [4.78, 5) is 9.49. The zero-order chi connectivity index (χ0) is 14.2. The third kappa shape index (κ3) is 4.58. The van der Waals surface area contributed by atoms with E-state index < -0.39 is 0 Å². The largest absolute Gasteiger partial charge is 0.309 e. The normalized spacial score (nSPS) is 12.3. The third-order valence-corrected chi connectivity index (χ3v) is 4.99. The standard InChI is InChI=1S/C15H18BrN3S/c1-2-7-19-14(12-8-17-11-18-9-12)10-20-15-6-4-3-5-13(15)16/h3-6,8-9,11,14,19H,2,7,10H2,1H3. The first-order valence-corrected chi connectivity index (χ1v) is 8.44. The molecule has 1 aromatic carbocycles. The van der Waals surface area contributed by atoms with Crippen LogP contribution in [0.25, 0.3) is 0 Å². The van der Waals surface area contributed by atoms with Gasteiger partial charge in [-0.15, -0.1) is 11.8 Å². The fourth-order valence-corrected chi connectivity index (χ4v) is 3.48. The lowest BCUT2D eigenvalue weighted by atomic mass is 10.2. The molecule has 5 heteroatoms. The maximum absolute atomic E-state index is 4.12. The zero-order valence-corrected chi connectivity index (χ0v) is 13.8. The monoisotopic (exact) mass is 351 g/mol. The molecule has 2 rings (SSSR count). The predicted octanol–water partition coefficient (Wildman–Crippen LogP) is 4.07. The Labute approximate surface area is 132 Å². The minimum Gasteiger partial charge on any atom is -0.309 e. The highest BCUT2D eigenvalue weighted by atomic mass is 79.9. The van der Waals surface area contributed by atoms with Gasteiger partial charge in [-0.3, -0.25) is 0 Å². The highest BCUT2D eigenvalue weighted by molar-refractivity contribution is 9.10. The number of rotatable bonds is 7. The van der Waals surface area contributed by atoms with E-state index in [1.54, 1.807) is 6.33 Å². The summed E-state index contributed by atoms with van der Waals surface area (Å²) in [5.41, 5.74) is 1.14. The molecule has 0 saturated heterocycles. The van der Waals surface area contributed by atoms with Crippen molar-refractivity contribution in [3.05, 3.63) is 53.0 Å². The van der Waals surface area contributed by atoms with Gasteiger partial charge in [0.1, 0.15) is 6.33 Å². The van der Waals surface area contributed by atoms with Gasteiger partial charge in [0.2, 0.25) is 0 Å². The lowest BCUT2D eigenvalue weighted by Crippen LogP contribution is -2.24. The van der Waals surface area contributed by atoms with Crippen molar-refractivity contribution in [3.63, 3.8) is 0 Å². The van der Waals surface area contributed by atoms with Gasteiger partial charge in [-0.05, 0) is 41.0 Å². The number of nitrogens with zero attached hydrogens (tertiary/aromatic N) is 2. The molecule has 20 heavy (non-hydrogen) atoms. The molecule has 1 heterocycles. The van der Waals surface area contributed by atoms with E-state index in [1.165, 1.54) is 4.90 Å². The van der Waals surface area contributed by atoms with Crippen LogP contribution in [0.2, 0.25) is 0 Å². The molecular formula is C15H18BrN3S. The molecule has 0 aliphatic rings. The van der Waals surface area contributed by atoms with Gasteiger partial charge in [0.15, 0.2) is 0 Å². The summed E-state index contributed by atoms with van der Waals surface area (Å²) < 4.78 is 1.14. The van der Waals surface area contributed by atoms with E-state index in [0.29, 0.717) is 0 Å². The SMILES string of the molecule is CCCNC(CSc1ccccc1Br)c1cncnc1. The molecule has 3 nitrogen and oxygen atoms in total. The molecular weight excluding hydrogens is 334 g/mol. The van der Waals surface area contributed by atoms with Gasteiger partial charge < -0.3 is 5.32 Å². The van der Waals surface area contributed by atoms with Crippen molar-refractivity contribution in [3.8, 4) is 0 Å². The highest BCUT2D eigenvalue weighted by Gasteiger charge is 2.12. The third-order valence-electron chi connectivity index (χ3n) is 2.87. The van der Waals surface area contributed by atoms with Crippen LogP contribution in [0, 0.1) is 0 Å². The van der Waals surface area contributed by atoms with E-state index in [0.717, 1.165) is 28.8 Å². The van der Waals surface area contributed by atoms with Crippen LogP contribution in [0.4, 0.5) is 0 Å². The molecule has 0 amide bonds. The molecule has 0 bridgehead atoms. The first kappa shape index (κ1) is 15.5. The van der Waals surface area contributed by atoms with Crippen molar-refractivity contribution in [1.29, 1.82) is 0 Å². The smallest absolute Gasteiger partial charge is 0.115 e. The lowest BCUT2D eigenvalue weighted by Gasteiger charge is -2.18. The number of aromatic nitrogens is 2. The molecule has 1 N–H and O–H groups in total. The van der Waals surface area contributed by atoms with Crippen LogP contribution in [-0.4, -0.2) is 22.3 Å². The second kappa shape index (κ2) is 8.39. The van der Waals surface area contributed by atoms with Crippen LogP contribution in [-0.2, 0) is 0 Å². The molecule has 0 radical (unpaired) electrons. The first-order chi connectivity index (χ1) is 9.81. The van der Waals surface area contributed by atoms with Crippen molar-refractivity contribution >= 4 is 27.7 Å². The van der Waals surface area contributed by atoms with Crippen molar-refractivity contribution < 1.29 is 0 Å². The Bertz CT molecular complexity index is 522. The Hall–Kier alpha value is -0.910. The minimum absolute atomic E-state index is 0.272. The Morgan fingerprint density at radius 1 is 1.25 bits per heavy atom. The molecule has 1 aromatic heterocycles. The molecule has 106 valence electrons. The number of hydrogen-bond donors (Lipinski definition) is 1. The summed E-state index contributed by atoms with van der Waals surface area (Å²) in [7, 11) is 0. The molecule has 0 fully saturated rings. The van der Waals surface area contributed by atoms with E-state index >= 15 is 0 Å². The van der Waals surface area contributed by atoms with Crippen LogP contribution < -0.4 is 5.32 Å². The topological polar surface area (TPSA) is 37.8 Å². The zero-order valence-electron chi connectivity index (χ0n) is 11.4. The average Bonchev–Trinajstić information content (AvgIpc) is 2.50. The van der Waals surface area contributed by atoms with Gasteiger partial charge in [-0.1, -0.05) is 19.1 Å². The van der Waals surface area contributed by atoms with Gasteiger partial charge >= 0.3 is 0 Å². The summed E-state index contributed by atoms with van der Waals surface area (Å²) in [6.07, 6.45) is 6.47. The average molecular weight is 352 g/mol. The fraction of sp³-hybridized carbons (Fsp3) is 0.333. The molecule has 0 aliphatic heterocycles. The van der Waals surface area contributed by atoms with E-state index in [2.05, 4.69) is 56.3 Å². The summed E-state index contributed by atoms with van der Waals surface area (Å²) in [5.74, 6) is 0.954. The first-order valence-electron chi connectivity index (χ1n) is 6.67. The van der Waals surface area contributed by atoms with Gasteiger partial charge in [0.25, 0.3) is 0 Å². The molecule has 1 atom stereocenters. The Morgan fingerprint density at radius 3 is 2.70 bits per heavy atom. The number of benzene rings is 1. The van der Waals surface area contributed by atoms with Gasteiger partial charge in [-0.25, -0.2) is 9.97 Å². The van der Waals surface area contributed by atoms with E-state index in [9.17, 15) is 0 Å². The Morgan fingerprint density at radius 2 is 2.00 bits per heavy atom. The van der Waals surface area contributed by atoms with Crippen molar-refractivity contribution in [1.82, 2.24) is 15.3 Å².